The van der Waals surface area contributed by atoms with E-state index < -0.39 is 0 Å². The summed E-state index contributed by atoms with van der Waals surface area (Å²) in [5.41, 5.74) is 12.2. The van der Waals surface area contributed by atoms with Crippen LogP contribution in [0.5, 0.6) is 0 Å². The molecule has 4 heteroatoms. The maximum atomic E-state index is 4.33. The summed E-state index contributed by atoms with van der Waals surface area (Å²) >= 11 is 0. The van der Waals surface area contributed by atoms with Crippen LogP contribution in [0.1, 0.15) is 89.7 Å². The van der Waals surface area contributed by atoms with Gasteiger partial charge in [0.05, 0.1) is 0 Å². The predicted molar refractivity (Wildman–Crippen MR) is 145 cm³/mol. The molecule has 0 unspecified atom stereocenters. The Morgan fingerprint density at radius 1 is 0.455 bits per heavy atom. The Morgan fingerprint density at radius 2 is 0.848 bits per heavy atom. The van der Waals surface area contributed by atoms with E-state index in [1.165, 1.54) is 33.4 Å². The van der Waals surface area contributed by atoms with E-state index >= 15 is 0 Å². The topological polar surface area (TPSA) is 51.6 Å². The van der Waals surface area contributed by atoms with E-state index in [-0.39, 0.29) is 0 Å². The van der Waals surface area contributed by atoms with E-state index in [1.807, 2.05) is 74.7 Å². The van der Waals surface area contributed by atoms with Crippen molar-refractivity contribution in [2.45, 2.75) is 104 Å². The zero-order valence-corrected chi connectivity index (χ0v) is 24.0. The lowest BCUT2D eigenvalue weighted by molar-refractivity contribution is 0.948. The van der Waals surface area contributed by atoms with Crippen molar-refractivity contribution in [3.8, 4) is 0 Å². The molecule has 0 atom stereocenters. The molecule has 0 aliphatic heterocycles. The van der Waals surface area contributed by atoms with Gasteiger partial charge in [0.25, 0.3) is 0 Å². The molecule has 0 saturated carbocycles. The first-order valence-corrected chi connectivity index (χ1v) is 12.0. The van der Waals surface area contributed by atoms with Crippen molar-refractivity contribution in [3.63, 3.8) is 0 Å². The van der Waals surface area contributed by atoms with E-state index in [1.54, 1.807) is 0 Å². The van der Waals surface area contributed by atoms with Crippen molar-refractivity contribution in [2.75, 3.05) is 0 Å². The van der Waals surface area contributed by atoms with Crippen LogP contribution >= 0.6 is 0 Å². The third-order valence-electron chi connectivity index (χ3n) is 5.37. The highest BCUT2D eigenvalue weighted by Gasteiger charge is 1.99. The molecule has 0 aliphatic carbocycles. The minimum atomic E-state index is 0.862. The van der Waals surface area contributed by atoms with Gasteiger partial charge in [-0.2, -0.15) is 0 Å². The Hall–Kier alpha value is -2.62. The summed E-state index contributed by atoms with van der Waals surface area (Å²) in [7, 11) is 0. The molecule has 0 amide bonds. The van der Waals surface area contributed by atoms with Crippen molar-refractivity contribution in [3.05, 3.63) is 80.4 Å². The second-order valence-corrected chi connectivity index (χ2v) is 7.76. The zero-order valence-electron chi connectivity index (χ0n) is 24.0. The van der Waals surface area contributed by atoms with E-state index in [0.29, 0.717) is 0 Å². The fourth-order valence-corrected chi connectivity index (χ4v) is 2.79. The van der Waals surface area contributed by atoms with Crippen molar-refractivity contribution in [1.82, 2.24) is 19.9 Å². The average Bonchev–Trinajstić information content (AvgIpc) is 2.77. The lowest BCUT2D eigenvalue weighted by Crippen LogP contribution is -1.97. The molecule has 0 spiro atoms. The van der Waals surface area contributed by atoms with Gasteiger partial charge in [-0.1, -0.05) is 27.7 Å². The van der Waals surface area contributed by atoms with Crippen molar-refractivity contribution in [1.29, 1.82) is 0 Å². The Kier molecular flexibility index (Phi) is 16.7. The van der Waals surface area contributed by atoms with Gasteiger partial charge < -0.3 is 0 Å². The maximum Gasteiger partial charge on any atom is 0.125 e. The number of aromatic nitrogens is 4. The molecule has 3 rings (SSSR count). The Labute approximate surface area is 204 Å². The highest BCUT2D eigenvalue weighted by atomic mass is 14.9. The van der Waals surface area contributed by atoms with E-state index in [2.05, 4.69) is 67.5 Å². The molecule has 33 heavy (non-hydrogen) atoms. The number of pyridine rings is 2. The molecule has 3 aromatic rings. The molecule has 0 fully saturated rings. The van der Waals surface area contributed by atoms with Gasteiger partial charge in [0.15, 0.2) is 0 Å². The predicted octanol–water partition coefficient (Wildman–Crippen LogP) is 8.08. The lowest BCUT2D eigenvalue weighted by atomic mass is 10.1. The van der Waals surface area contributed by atoms with Crippen LogP contribution in [0.15, 0.2) is 18.5 Å². The third kappa shape index (κ3) is 11.7. The molecule has 0 saturated heterocycles. The zero-order chi connectivity index (χ0) is 26.3. The molecular formula is C29H48N4. The van der Waals surface area contributed by atoms with Gasteiger partial charge in [-0.05, 0) is 116 Å². The van der Waals surface area contributed by atoms with Crippen LogP contribution < -0.4 is 0 Å². The monoisotopic (exact) mass is 452 g/mol. The molecule has 0 radical (unpaired) electrons. The minimum absolute atomic E-state index is 0.862. The van der Waals surface area contributed by atoms with Crippen LogP contribution in [0.25, 0.3) is 0 Å². The van der Waals surface area contributed by atoms with Gasteiger partial charge in [0.2, 0.25) is 0 Å². The average molecular weight is 453 g/mol. The number of hydrogen-bond donors (Lipinski definition) is 0. The largest absolute Gasteiger partial charge is 0.264 e. The summed E-state index contributed by atoms with van der Waals surface area (Å²) < 4.78 is 0. The Balaban J connectivity index is 0. The van der Waals surface area contributed by atoms with Crippen molar-refractivity contribution < 1.29 is 0 Å². The Bertz CT molecular complexity index is 854. The van der Waals surface area contributed by atoms with E-state index in [0.717, 1.165) is 28.6 Å². The molecule has 184 valence electrons. The molecule has 3 aromatic heterocycles. The summed E-state index contributed by atoms with van der Waals surface area (Å²) in [5.74, 6) is 0.862. The maximum absolute atomic E-state index is 4.33. The summed E-state index contributed by atoms with van der Waals surface area (Å²) in [6, 6.07) is 2.11. The molecule has 3 heterocycles. The summed E-state index contributed by atoms with van der Waals surface area (Å²) in [4.78, 5) is 16.8. The first kappa shape index (κ1) is 32.6. The molecular weight excluding hydrogens is 404 g/mol. The second kappa shape index (κ2) is 16.9. The minimum Gasteiger partial charge on any atom is -0.264 e. The molecule has 0 aromatic carbocycles. The van der Waals surface area contributed by atoms with Crippen LogP contribution in [0, 0.1) is 76.2 Å². The highest BCUT2D eigenvalue weighted by molar-refractivity contribution is 5.29. The lowest BCUT2D eigenvalue weighted by Gasteiger charge is -2.03. The first-order valence-electron chi connectivity index (χ1n) is 12.0. The fourth-order valence-electron chi connectivity index (χ4n) is 2.79. The van der Waals surface area contributed by atoms with E-state index in [9.17, 15) is 0 Å². The molecule has 0 bridgehead atoms. The normalized spacial score (nSPS) is 9.06. The van der Waals surface area contributed by atoms with Crippen LogP contribution in [0.2, 0.25) is 0 Å². The summed E-state index contributed by atoms with van der Waals surface area (Å²) in [5, 5.41) is 0. The number of nitrogens with zero attached hydrogens (tertiary/aromatic N) is 4. The number of aryl methyl sites for hydroxylation is 8. The van der Waals surface area contributed by atoms with Gasteiger partial charge >= 0.3 is 0 Å². The van der Waals surface area contributed by atoms with Gasteiger partial charge in [-0.15, -0.1) is 0 Å². The molecule has 4 nitrogen and oxygen atoms in total. The third-order valence-corrected chi connectivity index (χ3v) is 5.37. The molecule has 0 aliphatic rings. The summed E-state index contributed by atoms with van der Waals surface area (Å²) in [6.45, 7) is 30.6. The van der Waals surface area contributed by atoms with Crippen LogP contribution in [0.4, 0.5) is 0 Å². The highest BCUT2D eigenvalue weighted by Crippen LogP contribution is 2.10. The number of hydrogen-bond acceptors (Lipinski definition) is 4. The quantitative estimate of drug-likeness (QED) is 0.346. The second-order valence-electron chi connectivity index (χ2n) is 7.76. The standard InChI is InChI=1S/C9H13N.C8H12N2.C8H11N.2C2H6/c1-6-5-7(2)10-9(4)8(6)3;1-5-6(2)9-8(4)10-7(5)3;1-6-4-9-5-7(2)8(6)3;2*1-2/h5H,1-4H3;1-4H3;4-5H,1-3H3;2*1-2H3. The van der Waals surface area contributed by atoms with Gasteiger partial charge in [0.1, 0.15) is 5.82 Å². The smallest absolute Gasteiger partial charge is 0.125 e. The number of rotatable bonds is 0. The van der Waals surface area contributed by atoms with Crippen LogP contribution in [-0.2, 0) is 0 Å². The van der Waals surface area contributed by atoms with Crippen molar-refractivity contribution in [2.24, 2.45) is 0 Å². The van der Waals surface area contributed by atoms with Crippen molar-refractivity contribution >= 4 is 0 Å². The van der Waals surface area contributed by atoms with Gasteiger partial charge in [-0.25, -0.2) is 9.97 Å². The van der Waals surface area contributed by atoms with Crippen LogP contribution in [0.3, 0.4) is 0 Å². The SMILES string of the molecule is CC.CC.Cc1cc(C)c(C)c(C)n1.Cc1cncc(C)c1C.Cc1nc(C)c(C)c(C)n1. The Morgan fingerprint density at radius 3 is 1.21 bits per heavy atom. The van der Waals surface area contributed by atoms with Crippen LogP contribution in [-0.4, -0.2) is 19.9 Å². The molecule has 0 N–H and O–H groups in total. The van der Waals surface area contributed by atoms with Gasteiger partial charge in [0, 0.05) is 35.2 Å². The summed E-state index contributed by atoms with van der Waals surface area (Å²) in [6.07, 6.45) is 3.78. The van der Waals surface area contributed by atoms with E-state index in [4.69, 9.17) is 0 Å². The first-order chi connectivity index (χ1) is 15.4. The van der Waals surface area contributed by atoms with Gasteiger partial charge in [-0.3, -0.25) is 9.97 Å². The fraction of sp³-hybridized carbons (Fsp3) is 0.517.